The molecule has 0 aliphatic heterocycles. The van der Waals surface area contributed by atoms with Gasteiger partial charge in [0, 0.05) is 7.05 Å². The molecule has 1 N–H and O–H groups in total. The Morgan fingerprint density at radius 2 is 2.07 bits per heavy atom. The molecule has 1 aromatic rings. The third-order valence-electron chi connectivity index (χ3n) is 3.07. The lowest BCUT2D eigenvalue weighted by molar-refractivity contribution is 0.296. The predicted octanol–water partition coefficient (Wildman–Crippen LogP) is 1.76. The third kappa shape index (κ3) is 2.78. The molecule has 0 aliphatic rings. The van der Waals surface area contributed by atoms with Crippen LogP contribution in [0.5, 0.6) is 0 Å². The quantitative estimate of drug-likeness (QED) is 0.805. The average Bonchev–Trinajstić information content (AvgIpc) is 2.59. The number of rotatable bonds is 5. The zero-order chi connectivity index (χ0) is 11.4. The van der Waals surface area contributed by atoms with Crippen LogP contribution in [0.1, 0.15) is 39.4 Å². The van der Waals surface area contributed by atoms with Gasteiger partial charge in [0.15, 0.2) is 0 Å². The zero-order valence-electron chi connectivity index (χ0n) is 10.4. The van der Waals surface area contributed by atoms with Gasteiger partial charge in [-0.2, -0.15) is 0 Å². The Morgan fingerprint density at radius 3 is 2.47 bits per heavy atom. The first kappa shape index (κ1) is 12.2. The van der Waals surface area contributed by atoms with Crippen molar-refractivity contribution in [2.75, 3.05) is 6.54 Å². The van der Waals surface area contributed by atoms with Gasteiger partial charge in [0.05, 0.1) is 17.9 Å². The number of aryl methyl sites for hydroxylation is 1. The second-order valence-corrected chi connectivity index (χ2v) is 4.42. The molecule has 86 valence electrons. The fourth-order valence-electron chi connectivity index (χ4n) is 1.74. The van der Waals surface area contributed by atoms with Gasteiger partial charge in [-0.1, -0.05) is 32.9 Å². The summed E-state index contributed by atoms with van der Waals surface area (Å²) >= 11 is 0. The molecule has 2 atom stereocenters. The van der Waals surface area contributed by atoms with Crippen molar-refractivity contribution in [3.05, 3.63) is 11.9 Å². The molecule has 0 fully saturated rings. The fraction of sp³-hybridized carbons (Fsp3) is 0.818. The van der Waals surface area contributed by atoms with Crippen molar-refractivity contribution in [3.63, 3.8) is 0 Å². The first-order chi connectivity index (χ1) is 7.07. The highest BCUT2D eigenvalue weighted by molar-refractivity contribution is 5.03. The van der Waals surface area contributed by atoms with Crippen LogP contribution in [0.25, 0.3) is 0 Å². The zero-order valence-corrected chi connectivity index (χ0v) is 10.4. The van der Waals surface area contributed by atoms with Gasteiger partial charge < -0.3 is 5.32 Å². The molecule has 0 saturated heterocycles. The van der Waals surface area contributed by atoms with Crippen molar-refractivity contribution in [1.29, 1.82) is 0 Å². The lowest BCUT2D eigenvalue weighted by Crippen LogP contribution is -2.31. The van der Waals surface area contributed by atoms with Gasteiger partial charge in [-0.25, -0.2) is 0 Å². The third-order valence-corrected chi connectivity index (χ3v) is 3.07. The first-order valence-corrected chi connectivity index (χ1v) is 5.65. The van der Waals surface area contributed by atoms with Crippen molar-refractivity contribution < 1.29 is 0 Å². The summed E-state index contributed by atoms with van der Waals surface area (Å²) in [5.41, 5.74) is 1.16. The van der Waals surface area contributed by atoms with E-state index in [2.05, 4.69) is 43.3 Å². The summed E-state index contributed by atoms with van der Waals surface area (Å²) in [4.78, 5) is 0. The van der Waals surface area contributed by atoms with E-state index in [0.29, 0.717) is 17.9 Å². The molecular weight excluding hydrogens is 188 g/mol. The van der Waals surface area contributed by atoms with E-state index in [9.17, 15) is 0 Å². The molecule has 0 amide bonds. The molecule has 0 aliphatic carbocycles. The summed E-state index contributed by atoms with van der Waals surface area (Å²) in [5, 5.41) is 11.4. The number of nitrogens with one attached hydrogen (secondary N) is 1. The Hall–Kier alpha value is -0.900. The highest BCUT2D eigenvalue weighted by atomic mass is 15.4. The van der Waals surface area contributed by atoms with Gasteiger partial charge in [-0.05, 0) is 18.4 Å². The molecule has 0 saturated carbocycles. The van der Waals surface area contributed by atoms with Crippen LogP contribution < -0.4 is 5.32 Å². The summed E-state index contributed by atoms with van der Waals surface area (Å²) in [5.74, 6) is 1.21. The normalized spacial score (nSPS) is 15.6. The largest absolute Gasteiger partial charge is 0.309 e. The van der Waals surface area contributed by atoms with Crippen LogP contribution in [0.4, 0.5) is 0 Å². The van der Waals surface area contributed by atoms with Crippen LogP contribution in [0.15, 0.2) is 6.20 Å². The molecule has 4 nitrogen and oxygen atoms in total. The summed E-state index contributed by atoms with van der Waals surface area (Å²) in [6.07, 6.45) is 1.85. The molecule has 1 heterocycles. The summed E-state index contributed by atoms with van der Waals surface area (Å²) in [6, 6.07) is 0.343. The van der Waals surface area contributed by atoms with Crippen molar-refractivity contribution in [2.24, 2.45) is 18.9 Å². The Kier molecular flexibility index (Phi) is 4.27. The molecule has 0 aromatic carbocycles. The van der Waals surface area contributed by atoms with Gasteiger partial charge in [0.1, 0.15) is 0 Å². The van der Waals surface area contributed by atoms with E-state index in [1.165, 1.54) is 0 Å². The summed E-state index contributed by atoms with van der Waals surface area (Å²) in [6.45, 7) is 9.86. The van der Waals surface area contributed by atoms with Crippen LogP contribution in [-0.2, 0) is 7.05 Å². The molecule has 0 spiro atoms. The van der Waals surface area contributed by atoms with Gasteiger partial charge in [0.25, 0.3) is 0 Å². The van der Waals surface area contributed by atoms with Crippen molar-refractivity contribution in [2.45, 2.75) is 33.7 Å². The molecule has 1 aromatic heterocycles. The van der Waals surface area contributed by atoms with E-state index in [1.54, 1.807) is 0 Å². The number of hydrogen-bond donors (Lipinski definition) is 1. The maximum Gasteiger partial charge on any atom is 0.0756 e. The first-order valence-electron chi connectivity index (χ1n) is 5.65. The molecule has 15 heavy (non-hydrogen) atoms. The van der Waals surface area contributed by atoms with Crippen LogP contribution in [0, 0.1) is 11.8 Å². The molecular formula is C11H22N4. The Morgan fingerprint density at radius 1 is 1.40 bits per heavy atom. The minimum absolute atomic E-state index is 0.343. The SMILES string of the molecule is CCNC(c1cnnn1C)C(C)C(C)C. The lowest BCUT2D eigenvalue weighted by Gasteiger charge is -2.27. The van der Waals surface area contributed by atoms with E-state index in [-0.39, 0.29) is 0 Å². The predicted molar refractivity (Wildman–Crippen MR) is 61.4 cm³/mol. The molecule has 1 rings (SSSR count). The van der Waals surface area contributed by atoms with Crippen molar-refractivity contribution >= 4 is 0 Å². The molecule has 0 bridgehead atoms. The molecule has 4 heteroatoms. The van der Waals surface area contributed by atoms with Gasteiger partial charge in [-0.15, -0.1) is 5.10 Å². The van der Waals surface area contributed by atoms with Crippen LogP contribution in [-0.4, -0.2) is 21.5 Å². The van der Waals surface area contributed by atoms with E-state index in [0.717, 1.165) is 12.2 Å². The standard InChI is InChI=1S/C11H22N4/c1-6-12-11(9(4)8(2)3)10-7-13-14-15(10)5/h7-9,11-12H,6H2,1-5H3. The second kappa shape index (κ2) is 5.26. The average molecular weight is 210 g/mol. The lowest BCUT2D eigenvalue weighted by atomic mass is 9.88. The Bertz CT molecular complexity index is 293. The van der Waals surface area contributed by atoms with Gasteiger partial charge in [-0.3, -0.25) is 4.68 Å². The summed E-state index contributed by atoms with van der Waals surface area (Å²) < 4.78 is 1.85. The van der Waals surface area contributed by atoms with Crippen LogP contribution >= 0.6 is 0 Å². The Labute approximate surface area is 92.1 Å². The van der Waals surface area contributed by atoms with Crippen molar-refractivity contribution in [3.8, 4) is 0 Å². The minimum Gasteiger partial charge on any atom is -0.309 e. The van der Waals surface area contributed by atoms with E-state index in [4.69, 9.17) is 0 Å². The van der Waals surface area contributed by atoms with E-state index >= 15 is 0 Å². The number of hydrogen-bond acceptors (Lipinski definition) is 3. The highest BCUT2D eigenvalue weighted by Gasteiger charge is 2.23. The van der Waals surface area contributed by atoms with Gasteiger partial charge in [0.2, 0.25) is 0 Å². The fourth-order valence-corrected chi connectivity index (χ4v) is 1.74. The summed E-state index contributed by atoms with van der Waals surface area (Å²) in [7, 11) is 1.94. The van der Waals surface area contributed by atoms with E-state index < -0.39 is 0 Å². The maximum atomic E-state index is 3.99. The smallest absolute Gasteiger partial charge is 0.0756 e. The molecule has 2 unspecified atom stereocenters. The topological polar surface area (TPSA) is 42.7 Å². The van der Waals surface area contributed by atoms with Crippen LogP contribution in [0.2, 0.25) is 0 Å². The number of aromatic nitrogens is 3. The molecule has 0 radical (unpaired) electrons. The second-order valence-electron chi connectivity index (χ2n) is 4.42. The number of nitrogens with zero attached hydrogens (tertiary/aromatic N) is 3. The van der Waals surface area contributed by atoms with Gasteiger partial charge >= 0.3 is 0 Å². The Balaban J connectivity index is 2.87. The minimum atomic E-state index is 0.343. The monoisotopic (exact) mass is 210 g/mol. The van der Waals surface area contributed by atoms with Crippen LogP contribution in [0.3, 0.4) is 0 Å². The maximum absolute atomic E-state index is 3.99. The highest BCUT2D eigenvalue weighted by Crippen LogP contribution is 2.26. The van der Waals surface area contributed by atoms with Crippen molar-refractivity contribution in [1.82, 2.24) is 20.3 Å². The van der Waals surface area contributed by atoms with E-state index in [1.807, 2.05) is 17.9 Å².